The molecule has 0 heterocycles. The molecule has 0 bridgehead atoms. The molecule has 0 aliphatic carbocycles. The lowest BCUT2D eigenvalue weighted by Gasteiger charge is -2.11. The van der Waals surface area contributed by atoms with Gasteiger partial charge in [-0.05, 0) is 12.8 Å². The highest BCUT2D eigenvalue weighted by Gasteiger charge is 2.13. The summed E-state index contributed by atoms with van der Waals surface area (Å²) in [5.41, 5.74) is -0.0195. The summed E-state index contributed by atoms with van der Waals surface area (Å²) in [4.78, 5) is 20.8. The zero-order chi connectivity index (χ0) is 13.8. The Kier molecular flexibility index (Phi) is 9.93. The van der Waals surface area contributed by atoms with Crippen molar-refractivity contribution in [2.24, 2.45) is 0 Å². The van der Waals surface area contributed by atoms with Crippen LogP contribution in [0.4, 0.5) is 0 Å². The Morgan fingerprint density at radius 2 is 2.17 bits per heavy atom. The first-order chi connectivity index (χ1) is 8.69. The third-order valence-electron chi connectivity index (χ3n) is 2.42. The number of carbonyl (C=O) groups is 1. The van der Waals surface area contributed by atoms with Crippen molar-refractivity contribution in [2.45, 2.75) is 45.6 Å². The van der Waals surface area contributed by atoms with E-state index >= 15 is 0 Å². The molecule has 0 amide bonds. The van der Waals surface area contributed by atoms with Gasteiger partial charge in [0.2, 0.25) is 0 Å². The van der Waals surface area contributed by atoms with E-state index < -0.39 is 5.97 Å². The Morgan fingerprint density at radius 3 is 2.67 bits per heavy atom. The van der Waals surface area contributed by atoms with Crippen molar-refractivity contribution in [2.75, 3.05) is 13.7 Å². The summed E-state index contributed by atoms with van der Waals surface area (Å²) in [6, 6.07) is 1.80. The molecular formula is C13H21NO4. The Labute approximate surface area is 108 Å². The summed E-state index contributed by atoms with van der Waals surface area (Å²) in [5, 5.41) is 8.80. The highest BCUT2D eigenvalue weighted by Crippen LogP contribution is 2.04. The molecule has 0 spiro atoms. The Balaban J connectivity index is 4.06. The fourth-order valence-electron chi connectivity index (χ4n) is 1.19. The lowest BCUT2D eigenvalue weighted by molar-refractivity contribution is -0.278. The third kappa shape index (κ3) is 7.05. The van der Waals surface area contributed by atoms with Crippen molar-refractivity contribution in [1.82, 2.24) is 0 Å². The molecule has 0 saturated carbocycles. The van der Waals surface area contributed by atoms with Crippen molar-refractivity contribution in [1.29, 1.82) is 5.26 Å². The van der Waals surface area contributed by atoms with Crippen LogP contribution in [0, 0.1) is 11.3 Å². The fraction of sp³-hybridized carbons (Fsp3) is 0.692. The summed E-state index contributed by atoms with van der Waals surface area (Å²) < 4.78 is 5.05. The van der Waals surface area contributed by atoms with E-state index in [4.69, 9.17) is 14.9 Å². The number of nitriles is 1. The van der Waals surface area contributed by atoms with Crippen LogP contribution in [0.15, 0.2) is 11.6 Å². The van der Waals surface area contributed by atoms with Gasteiger partial charge in [0.25, 0.3) is 0 Å². The van der Waals surface area contributed by atoms with Gasteiger partial charge in [0, 0.05) is 7.11 Å². The lowest BCUT2D eigenvalue weighted by atomic mass is 10.2. The third-order valence-corrected chi connectivity index (χ3v) is 2.42. The molecule has 0 aromatic rings. The standard InChI is InChI=1S/C13H21NO4/c1-4-6-7-8-11(9-14)13(15)18-17-10-12(5-2)16-3/h8,12H,4-7,10H2,1-3H3. The Bertz CT molecular complexity index is 303. The smallest absolute Gasteiger partial charge is 0.379 e. The molecule has 0 aliphatic rings. The number of methoxy groups -OCH3 is 1. The first-order valence-corrected chi connectivity index (χ1v) is 6.16. The highest BCUT2D eigenvalue weighted by molar-refractivity contribution is 5.92. The number of allylic oxidation sites excluding steroid dienone is 1. The van der Waals surface area contributed by atoms with Gasteiger partial charge >= 0.3 is 5.97 Å². The zero-order valence-electron chi connectivity index (χ0n) is 11.3. The summed E-state index contributed by atoms with van der Waals surface area (Å²) in [5.74, 6) is -0.750. The summed E-state index contributed by atoms with van der Waals surface area (Å²) in [6.45, 7) is 4.13. The van der Waals surface area contributed by atoms with E-state index in [0.29, 0.717) is 6.42 Å². The van der Waals surface area contributed by atoms with Gasteiger partial charge in [-0.3, -0.25) is 4.89 Å². The van der Waals surface area contributed by atoms with Crippen LogP contribution >= 0.6 is 0 Å². The molecule has 5 heteroatoms. The van der Waals surface area contributed by atoms with Gasteiger partial charge in [0.05, 0.1) is 6.10 Å². The van der Waals surface area contributed by atoms with Gasteiger partial charge in [-0.15, -0.1) is 0 Å². The molecule has 0 aliphatic heterocycles. The lowest BCUT2D eigenvalue weighted by Crippen LogP contribution is -2.19. The molecule has 1 atom stereocenters. The van der Waals surface area contributed by atoms with Crippen molar-refractivity contribution >= 4 is 5.97 Å². The van der Waals surface area contributed by atoms with Crippen LogP contribution in [0.1, 0.15) is 39.5 Å². The topological polar surface area (TPSA) is 68.6 Å². The molecule has 0 aromatic heterocycles. The van der Waals surface area contributed by atoms with Gasteiger partial charge < -0.3 is 4.74 Å². The molecule has 5 nitrogen and oxygen atoms in total. The number of ether oxygens (including phenoxy) is 1. The monoisotopic (exact) mass is 255 g/mol. The quantitative estimate of drug-likeness (QED) is 0.208. The predicted octanol–water partition coefficient (Wildman–Crippen LogP) is 2.53. The largest absolute Gasteiger partial charge is 0.383 e. The first kappa shape index (κ1) is 16.6. The molecule has 0 rings (SSSR count). The van der Waals surface area contributed by atoms with E-state index in [-0.39, 0.29) is 18.3 Å². The minimum atomic E-state index is -0.750. The predicted molar refractivity (Wildman–Crippen MR) is 66.4 cm³/mol. The van der Waals surface area contributed by atoms with E-state index in [0.717, 1.165) is 19.3 Å². The van der Waals surface area contributed by atoms with E-state index in [1.807, 2.05) is 13.8 Å². The van der Waals surface area contributed by atoms with Crippen LogP contribution in [0.25, 0.3) is 0 Å². The van der Waals surface area contributed by atoms with Crippen molar-refractivity contribution < 1.29 is 19.3 Å². The summed E-state index contributed by atoms with van der Waals surface area (Å²) in [6.07, 6.45) is 4.83. The summed E-state index contributed by atoms with van der Waals surface area (Å²) in [7, 11) is 1.56. The summed E-state index contributed by atoms with van der Waals surface area (Å²) >= 11 is 0. The number of hydrogen-bond donors (Lipinski definition) is 0. The molecule has 102 valence electrons. The minimum absolute atomic E-state index is 0.0195. The SMILES string of the molecule is CCCCC=C(C#N)C(=O)OOCC(CC)OC. The van der Waals surface area contributed by atoms with E-state index in [1.54, 1.807) is 19.3 Å². The fourth-order valence-corrected chi connectivity index (χ4v) is 1.19. The molecule has 0 saturated heterocycles. The van der Waals surface area contributed by atoms with Crippen LogP contribution in [-0.4, -0.2) is 25.8 Å². The van der Waals surface area contributed by atoms with Crippen molar-refractivity contribution in [3.63, 3.8) is 0 Å². The molecular weight excluding hydrogens is 234 g/mol. The molecule has 0 radical (unpaired) electrons. The average Bonchev–Trinajstić information content (AvgIpc) is 2.39. The zero-order valence-corrected chi connectivity index (χ0v) is 11.3. The maximum absolute atomic E-state index is 11.4. The Hall–Kier alpha value is -1.38. The van der Waals surface area contributed by atoms with Gasteiger partial charge in [0.15, 0.2) is 0 Å². The van der Waals surface area contributed by atoms with Crippen molar-refractivity contribution in [3.05, 3.63) is 11.6 Å². The second-order valence-corrected chi connectivity index (χ2v) is 3.79. The van der Waals surface area contributed by atoms with Crippen LogP contribution in [0.3, 0.4) is 0 Å². The van der Waals surface area contributed by atoms with Crippen LogP contribution < -0.4 is 0 Å². The second-order valence-electron chi connectivity index (χ2n) is 3.79. The average molecular weight is 255 g/mol. The van der Waals surface area contributed by atoms with E-state index in [9.17, 15) is 4.79 Å². The van der Waals surface area contributed by atoms with Gasteiger partial charge in [-0.2, -0.15) is 10.1 Å². The molecule has 18 heavy (non-hydrogen) atoms. The second kappa shape index (κ2) is 10.8. The van der Waals surface area contributed by atoms with Gasteiger partial charge in [-0.25, -0.2) is 4.79 Å². The van der Waals surface area contributed by atoms with E-state index in [2.05, 4.69) is 4.89 Å². The number of unbranched alkanes of at least 4 members (excludes halogenated alkanes) is 2. The molecule has 1 unspecified atom stereocenters. The molecule has 0 fully saturated rings. The maximum atomic E-state index is 11.4. The van der Waals surface area contributed by atoms with E-state index in [1.165, 1.54) is 0 Å². The number of hydrogen-bond acceptors (Lipinski definition) is 5. The maximum Gasteiger partial charge on any atom is 0.383 e. The van der Waals surface area contributed by atoms with Gasteiger partial charge in [-0.1, -0.05) is 32.8 Å². The number of nitrogens with zero attached hydrogens (tertiary/aromatic N) is 1. The van der Waals surface area contributed by atoms with Gasteiger partial charge in [0.1, 0.15) is 18.2 Å². The molecule has 0 N–H and O–H groups in total. The Morgan fingerprint density at radius 1 is 1.44 bits per heavy atom. The normalized spacial score (nSPS) is 12.9. The molecule has 0 aromatic carbocycles. The van der Waals surface area contributed by atoms with Crippen LogP contribution in [0.5, 0.6) is 0 Å². The number of rotatable bonds is 9. The van der Waals surface area contributed by atoms with Crippen LogP contribution in [-0.2, 0) is 19.3 Å². The highest BCUT2D eigenvalue weighted by atomic mass is 17.2. The van der Waals surface area contributed by atoms with Crippen molar-refractivity contribution in [3.8, 4) is 6.07 Å². The number of carbonyl (C=O) groups excluding carboxylic acids is 1. The minimum Gasteiger partial charge on any atom is -0.379 e. The first-order valence-electron chi connectivity index (χ1n) is 6.16. The van der Waals surface area contributed by atoms with Crippen LogP contribution in [0.2, 0.25) is 0 Å².